The molecule has 3 heterocycles. The van der Waals surface area contributed by atoms with Crippen molar-refractivity contribution >= 4 is 44.5 Å². The number of carbonyl (C=O) groups is 2. The Kier molecular flexibility index (Phi) is 9.47. The molecular weight excluding hydrogens is 631 g/mol. The van der Waals surface area contributed by atoms with Gasteiger partial charge in [0.05, 0.1) is 24.8 Å². The second kappa shape index (κ2) is 13.4. The van der Waals surface area contributed by atoms with E-state index < -0.39 is 32.3 Å². The van der Waals surface area contributed by atoms with Crippen LogP contribution < -0.4 is 14.4 Å². The summed E-state index contributed by atoms with van der Waals surface area (Å²) in [7, 11) is -3.14. The monoisotopic (exact) mass is 666 g/mol. The molecule has 1 aliphatic heterocycles. The highest BCUT2D eigenvalue weighted by Gasteiger charge is 2.28. The van der Waals surface area contributed by atoms with Gasteiger partial charge in [-0.3, -0.25) is 4.72 Å². The summed E-state index contributed by atoms with van der Waals surface area (Å²) in [5.41, 5.74) is 1.18. The number of nitrogens with one attached hydrogen (secondary N) is 1. The fourth-order valence-corrected chi connectivity index (χ4v) is 6.12. The van der Waals surface area contributed by atoms with Crippen LogP contribution in [0, 0.1) is 5.82 Å². The Bertz CT molecular complexity index is 1930. The second-order valence-electron chi connectivity index (χ2n) is 11.6. The number of ether oxygens (including phenoxy) is 3. The van der Waals surface area contributed by atoms with E-state index in [1.807, 2.05) is 39.0 Å². The van der Waals surface area contributed by atoms with Gasteiger partial charge in [0, 0.05) is 43.3 Å². The number of rotatable bonds is 8. The zero-order valence-electron chi connectivity index (χ0n) is 26.6. The SMILES string of the molecule is CCOC(=O)c1ccc(S(=O)(=O)Nc2cc(-c3ccc4ncnc(N5CCN(C(=O)OC(C)(C)C)CC5)c4c3)cnc2OC)c(F)c1. The lowest BCUT2D eigenvalue weighted by Gasteiger charge is -2.36. The van der Waals surface area contributed by atoms with Crippen LogP contribution in [0.3, 0.4) is 0 Å². The molecule has 1 fully saturated rings. The summed E-state index contributed by atoms with van der Waals surface area (Å²) >= 11 is 0. The normalized spacial score (nSPS) is 13.7. The maximum atomic E-state index is 14.9. The van der Waals surface area contributed by atoms with Crippen molar-refractivity contribution in [2.24, 2.45) is 0 Å². The molecule has 0 saturated carbocycles. The molecule has 0 spiro atoms. The number of carbonyl (C=O) groups excluding carboxylic acids is 2. The van der Waals surface area contributed by atoms with Gasteiger partial charge in [0.2, 0.25) is 5.88 Å². The quantitative estimate of drug-likeness (QED) is 0.256. The number of methoxy groups -OCH3 is 1. The number of halogens is 1. The molecule has 5 rings (SSSR count). The standard InChI is InChI=1S/C32H35FN6O7S/c1-6-45-30(40)21-8-10-27(24(33)16-21)47(42,43)37-26-17-22(18-34-29(26)44-5)20-7-9-25-23(15-20)28(36-19-35-25)38-11-13-39(14-12-38)31(41)46-32(2,3)4/h7-10,15-19,37H,6,11-14H2,1-5H3. The summed E-state index contributed by atoms with van der Waals surface area (Å²) in [6.07, 6.45) is 2.65. The van der Waals surface area contributed by atoms with Gasteiger partial charge in [0.15, 0.2) is 0 Å². The smallest absolute Gasteiger partial charge is 0.410 e. The van der Waals surface area contributed by atoms with Gasteiger partial charge >= 0.3 is 12.1 Å². The van der Waals surface area contributed by atoms with Crippen LogP contribution in [0.15, 0.2) is 59.9 Å². The molecule has 248 valence electrons. The predicted molar refractivity (Wildman–Crippen MR) is 173 cm³/mol. The number of nitrogens with zero attached hydrogens (tertiary/aromatic N) is 5. The minimum atomic E-state index is -4.47. The lowest BCUT2D eigenvalue weighted by molar-refractivity contribution is 0.0240. The van der Waals surface area contributed by atoms with Gasteiger partial charge in [-0.1, -0.05) is 6.07 Å². The first kappa shape index (κ1) is 33.3. The van der Waals surface area contributed by atoms with E-state index in [-0.39, 0.29) is 29.8 Å². The fraction of sp³-hybridized carbons (Fsp3) is 0.344. The van der Waals surface area contributed by atoms with E-state index in [2.05, 4.69) is 24.6 Å². The lowest BCUT2D eigenvalue weighted by Crippen LogP contribution is -2.50. The summed E-state index contributed by atoms with van der Waals surface area (Å²) in [5, 5.41) is 0.748. The topological polar surface area (TPSA) is 153 Å². The Balaban J connectivity index is 1.41. The first-order valence-electron chi connectivity index (χ1n) is 14.8. The average molecular weight is 667 g/mol. The Morgan fingerprint density at radius 3 is 2.38 bits per heavy atom. The van der Waals surface area contributed by atoms with Crippen molar-refractivity contribution in [3.05, 3.63) is 66.4 Å². The van der Waals surface area contributed by atoms with Crippen molar-refractivity contribution < 1.29 is 36.6 Å². The van der Waals surface area contributed by atoms with Crippen LogP contribution in [-0.2, 0) is 19.5 Å². The van der Waals surface area contributed by atoms with Gasteiger partial charge in [0.25, 0.3) is 10.0 Å². The highest BCUT2D eigenvalue weighted by Crippen LogP contribution is 2.34. The van der Waals surface area contributed by atoms with E-state index in [1.54, 1.807) is 11.8 Å². The lowest BCUT2D eigenvalue weighted by atomic mass is 10.0. The largest absolute Gasteiger partial charge is 0.480 e. The number of sulfonamides is 1. The van der Waals surface area contributed by atoms with Crippen LogP contribution in [0.25, 0.3) is 22.0 Å². The number of piperazine rings is 1. The minimum absolute atomic E-state index is 0.0261. The number of hydrogen-bond acceptors (Lipinski definition) is 11. The molecule has 0 unspecified atom stereocenters. The zero-order valence-corrected chi connectivity index (χ0v) is 27.4. The van der Waals surface area contributed by atoms with Gasteiger partial charge in [-0.15, -0.1) is 0 Å². The highest BCUT2D eigenvalue weighted by atomic mass is 32.2. The highest BCUT2D eigenvalue weighted by molar-refractivity contribution is 7.92. The number of esters is 1. The van der Waals surface area contributed by atoms with Gasteiger partial charge in [-0.2, -0.15) is 0 Å². The number of fused-ring (bicyclic) bond motifs is 1. The Morgan fingerprint density at radius 1 is 0.979 bits per heavy atom. The summed E-state index contributed by atoms with van der Waals surface area (Å²) < 4.78 is 59.5. The number of amides is 1. The summed E-state index contributed by atoms with van der Waals surface area (Å²) in [4.78, 5) is 40.8. The zero-order chi connectivity index (χ0) is 33.9. The minimum Gasteiger partial charge on any atom is -0.480 e. The summed E-state index contributed by atoms with van der Waals surface area (Å²) in [6.45, 7) is 9.15. The molecule has 1 aliphatic rings. The van der Waals surface area contributed by atoms with E-state index in [0.29, 0.717) is 48.6 Å². The first-order valence-corrected chi connectivity index (χ1v) is 16.3. The van der Waals surface area contributed by atoms with E-state index in [1.165, 1.54) is 31.8 Å². The Morgan fingerprint density at radius 2 is 1.72 bits per heavy atom. The molecule has 47 heavy (non-hydrogen) atoms. The first-order chi connectivity index (χ1) is 22.3. The molecule has 13 nitrogen and oxygen atoms in total. The molecule has 0 aliphatic carbocycles. The number of anilines is 2. The van der Waals surface area contributed by atoms with E-state index in [4.69, 9.17) is 14.2 Å². The van der Waals surface area contributed by atoms with Gasteiger partial charge in [-0.05, 0) is 69.7 Å². The van der Waals surface area contributed by atoms with Gasteiger partial charge in [-0.25, -0.2) is 37.3 Å². The van der Waals surface area contributed by atoms with Crippen LogP contribution in [-0.4, -0.2) is 85.8 Å². The number of aromatic nitrogens is 3. The molecule has 2 aromatic heterocycles. The molecule has 1 N–H and O–H groups in total. The van der Waals surface area contributed by atoms with E-state index in [0.717, 1.165) is 17.5 Å². The number of benzene rings is 2. The van der Waals surface area contributed by atoms with Crippen LogP contribution in [0.2, 0.25) is 0 Å². The number of hydrogen-bond donors (Lipinski definition) is 1. The van der Waals surface area contributed by atoms with E-state index >= 15 is 0 Å². The second-order valence-corrected chi connectivity index (χ2v) is 13.3. The van der Waals surface area contributed by atoms with Crippen molar-refractivity contribution in [3.8, 4) is 17.0 Å². The molecule has 15 heteroatoms. The third-order valence-corrected chi connectivity index (χ3v) is 8.60. The van der Waals surface area contributed by atoms with Gasteiger partial charge in [0.1, 0.15) is 34.1 Å². The Labute approximate surface area is 271 Å². The van der Waals surface area contributed by atoms with E-state index in [9.17, 15) is 22.4 Å². The molecule has 4 aromatic rings. The summed E-state index contributed by atoms with van der Waals surface area (Å²) in [6, 6.07) is 10.0. The van der Waals surface area contributed by atoms with Crippen LogP contribution >= 0.6 is 0 Å². The van der Waals surface area contributed by atoms with Crippen molar-refractivity contribution in [3.63, 3.8) is 0 Å². The predicted octanol–water partition coefficient (Wildman–Crippen LogP) is 4.87. The van der Waals surface area contributed by atoms with Crippen molar-refractivity contribution in [1.82, 2.24) is 19.9 Å². The van der Waals surface area contributed by atoms with Crippen LogP contribution in [0.1, 0.15) is 38.1 Å². The van der Waals surface area contributed by atoms with Gasteiger partial charge < -0.3 is 24.0 Å². The third kappa shape index (κ3) is 7.51. The fourth-order valence-electron chi connectivity index (χ4n) is 5.01. The van der Waals surface area contributed by atoms with Crippen LogP contribution in [0.4, 0.5) is 20.7 Å². The van der Waals surface area contributed by atoms with Crippen molar-refractivity contribution in [2.45, 2.75) is 38.2 Å². The Hall–Kier alpha value is -5.05. The molecule has 1 amide bonds. The maximum absolute atomic E-state index is 14.9. The van der Waals surface area contributed by atoms with Crippen LogP contribution in [0.5, 0.6) is 5.88 Å². The molecule has 0 radical (unpaired) electrons. The third-order valence-electron chi connectivity index (χ3n) is 7.20. The average Bonchev–Trinajstić information content (AvgIpc) is 3.03. The van der Waals surface area contributed by atoms with Crippen molar-refractivity contribution in [1.29, 1.82) is 0 Å². The van der Waals surface area contributed by atoms with Crippen molar-refractivity contribution in [2.75, 3.05) is 49.5 Å². The molecule has 0 atom stereocenters. The molecule has 2 aromatic carbocycles. The summed E-state index contributed by atoms with van der Waals surface area (Å²) in [5.74, 6) is -1.24. The molecule has 1 saturated heterocycles. The molecule has 0 bridgehead atoms. The number of pyridine rings is 1. The molecular formula is C32H35FN6O7S. The maximum Gasteiger partial charge on any atom is 0.410 e.